The van der Waals surface area contributed by atoms with Crippen LogP contribution in [-0.2, 0) is 13.0 Å². The molecule has 2 amide bonds. The lowest BCUT2D eigenvalue weighted by molar-refractivity contribution is 0.100. The smallest absolute Gasteiger partial charge is 0.407 e. The van der Waals surface area contributed by atoms with Gasteiger partial charge in [0.05, 0.1) is 11.1 Å². The van der Waals surface area contributed by atoms with Crippen LogP contribution in [0.25, 0.3) is 22.0 Å². The normalized spacial score (nSPS) is 13.6. The van der Waals surface area contributed by atoms with Gasteiger partial charge in [0.1, 0.15) is 0 Å². The van der Waals surface area contributed by atoms with Gasteiger partial charge in [0.15, 0.2) is 0 Å². The minimum atomic E-state index is -0.893. The highest BCUT2D eigenvalue weighted by molar-refractivity contribution is 14.1. The molecule has 1 aromatic heterocycles. The summed E-state index contributed by atoms with van der Waals surface area (Å²) >= 11 is 2.26. The Morgan fingerprint density at radius 2 is 2.04 bits per heavy atom. The second kappa shape index (κ2) is 6.80. The maximum atomic E-state index is 12.0. The van der Waals surface area contributed by atoms with Crippen LogP contribution < -0.4 is 5.73 Å². The van der Waals surface area contributed by atoms with Crippen LogP contribution in [0.2, 0.25) is 0 Å². The molecule has 6 nitrogen and oxygen atoms in total. The first-order chi connectivity index (χ1) is 13.3. The second-order valence-corrected chi connectivity index (χ2v) is 8.33. The molecule has 1 aliphatic rings. The molecule has 0 unspecified atom stereocenters. The molecule has 144 valence electrons. The fraction of sp³-hybridized carbons (Fsp3) is 0.238. The fourth-order valence-electron chi connectivity index (χ4n) is 4.09. The van der Waals surface area contributed by atoms with Gasteiger partial charge in [0, 0.05) is 33.3 Å². The van der Waals surface area contributed by atoms with E-state index in [0.29, 0.717) is 25.1 Å². The molecule has 3 aromatic rings. The number of hydrogen-bond donors (Lipinski definition) is 3. The molecule has 0 atom stereocenters. The van der Waals surface area contributed by atoms with Gasteiger partial charge in [0.2, 0.25) is 0 Å². The lowest BCUT2D eigenvalue weighted by Crippen LogP contribution is -2.34. The fourth-order valence-corrected chi connectivity index (χ4v) is 4.96. The van der Waals surface area contributed by atoms with E-state index >= 15 is 0 Å². The molecule has 0 bridgehead atoms. The third-order valence-corrected chi connectivity index (χ3v) is 6.45. The maximum Gasteiger partial charge on any atom is 0.407 e. The molecule has 1 aliphatic heterocycles. The number of halogens is 1. The minimum absolute atomic E-state index is 0.392. The quantitative estimate of drug-likeness (QED) is 0.471. The van der Waals surface area contributed by atoms with E-state index < -0.39 is 12.0 Å². The van der Waals surface area contributed by atoms with Crippen molar-refractivity contribution in [3.63, 3.8) is 0 Å². The number of carbonyl (C=O) groups excluding carboxylic acids is 1. The van der Waals surface area contributed by atoms with Gasteiger partial charge in [0.25, 0.3) is 5.91 Å². The predicted octanol–water partition coefficient (Wildman–Crippen LogP) is 4.19. The van der Waals surface area contributed by atoms with E-state index in [0.717, 1.165) is 42.4 Å². The standard InChI is InChI=1S/C21H20IN3O3/c1-10-11(2)24-19-15(20(23)26)8-16(22)18(17(10)19)14-5-3-4-12-9-25(21(27)28)7-6-13(12)14/h3-5,8,24H,6-7,9H2,1-2H3,(H2,23,26)(H,27,28). The van der Waals surface area contributed by atoms with Crippen LogP contribution in [0.3, 0.4) is 0 Å². The summed E-state index contributed by atoms with van der Waals surface area (Å²) in [6.45, 7) is 4.90. The van der Waals surface area contributed by atoms with Crippen LogP contribution in [-0.4, -0.2) is 33.5 Å². The monoisotopic (exact) mass is 489 g/mol. The Morgan fingerprint density at radius 3 is 2.71 bits per heavy atom. The Morgan fingerprint density at radius 1 is 1.29 bits per heavy atom. The van der Waals surface area contributed by atoms with E-state index in [4.69, 9.17) is 5.73 Å². The zero-order valence-corrected chi connectivity index (χ0v) is 17.8. The maximum absolute atomic E-state index is 12.0. The van der Waals surface area contributed by atoms with Crippen molar-refractivity contribution >= 4 is 45.5 Å². The van der Waals surface area contributed by atoms with Crippen LogP contribution in [0.4, 0.5) is 4.79 Å². The Labute approximate surface area is 175 Å². The van der Waals surface area contributed by atoms with E-state index in [1.54, 1.807) is 0 Å². The Bertz CT molecular complexity index is 1150. The number of benzene rings is 2. The molecule has 0 fully saturated rings. The highest BCUT2D eigenvalue weighted by Gasteiger charge is 2.25. The van der Waals surface area contributed by atoms with Crippen molar-refractivity contribution in [2.24, 2.45) is 5.73 Å². The average molecular weight is 489 g/mol. The molecule has 7 heteroatoms. The van der Waals surface area contributed by atoms with Gasteiger partial charge in [-0.3, -0.25) is 4.79 Å². The topological polar surface area (TPSA) is 99.4 Å². The number of fused-ring (bicyclic) bond motifs is 2. The van der Waals surface area contributed by atoms with Crippen molar-refractivity contribution in [3.8, 4) is 11.1 Å². The van der Waals surface area contributed by atoms with Gasteiger partial charge < -0.3 is 20.7 Å². The van der Waals surface area contributed by atoms with Crippen molar-refractivity contribution in [2.75, 3.05) is 6.54 Å². The number of nitrogens with zero attached hydrogens (tertiary/aromatic N) is 1. The van der Waals surface area contributed by atoms with Gasteiger partial charge in [-0.15, -0.1) is 0 Å². The van der Waals surface area contributed by atoms with E-state index in [1.165, 1.54) is 10.5 Å². The summed E-state index contributed by atoms with van der Waals surface area (Å²) in [5.74, 6) is -0.456. The van der Waals surface area contributed by atoms with Gasteiger partial charge >= 0.3 is 6.09 Å². The molecular weight excluding hydrogens is 469 g/mol. The first-order valence-corrected chi connectivity index (χ1v) is 10.1. The highest BCUT2D eigenvalue weighted by Crippen LogP contribution is 2.41. The number of carboxylic acid groups (broad SMARTS) is 1. The Balaban J connectivity index is 2.01. The third-order valence-electron chi connectivity index (χ3n) is 5.60. The van der Waals surface area contributed by atoms with Gasteiger partial charge in [-0.25, -0.2) is 4.79 Å². The van der Waals surface area contributed by atoms with E-state index in [9.17, 15) is 14.7 Å². The zero-order valence-electron chi connectivity index (χ0n) is 15.6. The summed E-state index contributed by atoms with van der Waals surface area (Å²) in [7, 11) is 0. The number of rotatable bonds is 2. The lowest BCUT2D eigenvalue weighted by Gasteiger charge is -2.28. The Kier molecular flexibility index (Phi) is 4.57. The van der Waals surface area contributed by atoms with Crippen molar-refractivity contribution in [2.45, 2.75) is 26.8 Å². The highest BCUT2D eigenvalue weighted by atomic mass is 127. The summed E-state index contributed by atoms with van der Waals surface area (Å²) in [4.78, 5) is 28.1. The van der Waals surface area contributed by atoms with Crippen LogP contribution in [0, 0.1) is 17.4 Å². The third kappa shape index (κ3) is 2.85. The van der Waals surface area contributed by atoms with Crippen molar-refractivity contribution in [1.29, 1.82) is 0 Å². The van der Waals surface area contributed by atoms with Crippen molar-refractivity contribution in [3.05, 3.63) is 55.8 Å². The van der Waals surface area contributed by atoms with E-state index in [1.807, 2.05) is 32.0 Å². The summed E-state index contributed by atoms with van der Waals surface area (Å²) in [6.07, 6.45) is -0.231. The van der Waals surface area contributed by atoms with Gasteiger partial charge in [-0.2, -0.15) is 0 Å². The number of hydrogen-bond acceptors (Lipinski definition) is 2. The second-order valence-electron chi connectivity index (χ2n) is 7.17. The Hall–Kier alpha value is -2.55. The van der Waals surface area contributed by atoms with Crippen LogP contribution in [0.5, 0.6) is 0 Å². The molecule has 0 aliphatic carbocycles. The number of aromatic amines is 1. The number of aromatic nitrogens is 1. The molecule has 4 rings (SSSR count). The number of nitrogens with two attached hydrogens (primary N) is 1. The van der Waals surface area contributed by atoms with Crippen molar-refractivity contribution < 1.29 is 14.7 Å². The minimum Gasteiger partial charge on any atom is -0.465 e. The van der Waals surface area contributed by atoms with Gasteiger partial charge in [-0.05, 0) is 71.2 Å². The molecule has 2 aromatic carbocycles. The first-order valence-electron chi connectivity index (χ1n) is 8.99. The number of amides is 2. The SMILES string of the molecule is Cc1[nH]c2c(C(N)=O)cc(I)c(-c3cccc4c3CCN(C(=O)O)C4)c2c1C. The molecule has 0 saturated carbocycles. The van der Waals surface area contributed by atoms with Gasteiger partial charge in [-0.1, -0.05) is 18.2 Å². The molecule has 4 N–H and O–H groups in total. The molecular formula is C21H20IN3O3. The number of nitrogens with one attached hydrogen (secondary N) is 1. The predicted molar refractivity (Wildman–Crippen MR) is 117 cm³/mol. The molecule has 0 radical (unpaired) electrons. The van der Waals surface area contributed by atoms with Crippen molar-refractivity contribution in [1.82, 2.24) is 9.88 Å². The first kappa shape index (κ1) is 18.8. The van der Waals surface area contributed by atoms with Crippen LogP contribution in [0.15, 0.2) is 24.3 Å². The molecule has 28 heavy (non-hydrogen) atoms. The molecule has 2 heterocycles. The number of primary amides is 1. The van der Waals surface area contributed by atoms with Crippen LogP contribution >= 0.6 is 22.6 Å². The largest absolute Gasteiger partial charge is 0.465 e. The number of H-pyrrole nitrogens is 1. The molecule has 0 spiro atoms. The average Bonchev–Trinajstić information content (AvgIpc) is 2.95. The summed E-state index contributed by atoms with van der Waals surface area (Å²) < 4.78 is 0.954. The van der Waals surface area contributed by atoms with E-state index in [2.05, 4.69) is 33.6 Å². The zero-order chi connectivity index (χ0) is 20.2. The number of carbonyl (C=O) groups is 2. The number of aryl methyl sites for hydroxylation is 2. The van der Waals surface area contributed by atoms with E-state index in [-0.39, 0.29) is 0 Å². The summed E-state index contributed by atoms with van der Waals surface area (Å²) in [5.41, 5.74) is 13.3. The lowest BCUT2D eigenvalue weighted by atomic mass is 9.88. The molecule has 0 saturated heterocycles. The van der Waals surface area contributed by atoms with Crippen LogP contribution in [0.1, 0.15) is 32.7 Å². The summed E-state index contributed by atoms with van der Waals surface area (Å²) in [5, 5.41) is 10.3. The summed E-state index contributed by atoms with van der Waals surface area (Å²) in [6, 6.07) is 7.88.